The number of aliphatic hydroxyl groups is 1. The van der Waals surface area contributed by atoms with Crippen molar-refractivity contribution >= 4 is 15.7 Å². The molecule has 7 heteroatoms. The zero-order valence-electron chi connectivity index (χ0n) is 11.2. The summed E-state index contributed by atoms with van der Waals surface area (Å²) < 4.78 is 45.0. The van der Waals surface area contributed by atoms with Gasteiger partial charge in [0, 0.05) is 0 Å². The van der Waals surface area contributed by atoms with Crippen molar-refractivity contribution < 1.29 is 22.7 Å². The minimum absolute atomic E-state index is 0.0912. The summed E-state index contributed by atoms with van der Waals surface area (Å²) in [7, 11) is -2.59. The van der Waals surface area contributed by atoms with Gasteiger partial charge in [-0.05, 0) is 35.9 Å². The summed E-state index contributed by atoms with van der Waals surface area (Å²) >= 11 is 0. The number of hydrogen-bond acceptors (Lipinski definition) is 4. The number of ether oxygens (including phenoxy) is 1. The highest BCUT2D eigenvalue weighted by atomic mass is 32.2. The summed E-state index contributed by atoms with van der Waals surface area (Å²) in [4.78, 5) is -0.0912. The lowest BCUT2D eigenvalue weighted by Crippen LogP contribution is -2.14. The highest BCUT2D eigenvalue weighted by molar-refractivity contribution is 7.92. The standard InChI is InChI=1S/C14H14FNO4S/c1-20-13-7-10(9-17)5-6-14(13)21(18,19)16-12-4-2-3-11(15)8-12/h2-8,16-17H,9H2,1H3. The zero-order valence-corrected chi connectivity index (χ0v) is 12.0. The molecule has 2 aromatic carbocycles. The molecule has 0 atom stereocenters. The Kier molecular flexibility index (Phi) is 4.44. The molecule has 0 aromatic heterocycles. The van der Waals surface area contributed by atoms with Gasteiger partial charge in [-0.15, -0.1) is 0 Å². The summed E-state index contributed by atoms with van der Waals surface area (Å²) in [5, 5.41) is 9.05. The third kappa shape index (κ3) is 3.50. The number of aliphatic hydroxyl groups excluding tert-OH is 1. The lowest BCUT2D eigenvalue weighted by atomic mass is 10.2. The van der Waals surface area contributed by atoms with E-state index in [1.807, 2.05) is 0 Å². The molecule has 0 amide bonds. The van der Waals surface area contributed by atoms with E-state index in [0.29, 0.717) is 5.56 Å². The number of benzene rings is 2. The molecule has 5 nitrogen and oxygen atoms in total. The first kappa shape index (κ1) is 15.3. The van der Waals surface area contributed by atoms with Crippen molar-refractivity contribution in [2.75, 3.05) is 11.8 Å². The summed E-state index contributed by atoms with van der Waals surface area (Å²) in [5.41, 5.74) is 0.639. The molecule has 2 aromatic rings. The number of nitrogens with one attached hydrogen (secondary N) is 1. The van der Waals surface area contributed by atoms with Gasteiger partial charge in [-0.3, -0.25) is 4.72 Å². The van der Waals surface area contributed by atoms with E-state index >= 15 is 0 Å². The molecule has 0 aliphatic heterocycles. The molecule has 0 radical (unpaired) electrons. The van der Waals surface area contributed by atoms with Gasteiger partial charge in [0.2, 0.25) is 0 Å². The fourth-order valence-corrected chi connectivity index (χ4v) is 3.00. The van der Waals surface area contributed by atoms with Gasteiger partial charge in [0.05, 0.1) is 19.4 Å². The van der Waals surface area contributed by atoms with Crippen LogP contribution in [-0.2, 0) is 16.6 Å². The molecule has 112 valence electrons. The predicted octanol–water partition coefficient (Wildman–Crippen LogP) is 2.13. The van der Waals surface area contributed by atoms with E-state index < -0.39 is 15.8 Å². The second kappa shape index (κ2) is 6.11. The Bertz CT molecular complexity index is 746. The van der Waals surface area contributed by atoms with E-state index in [0.717, 1.165) is 6.07 Å². The molecule has 0 aliphatic rings. The summed E-state index contributed by atoms with van der Waals surface area (Å²) in [6, 6.07) is 9.36. The first-order valence-corrected chi connectivity index (χ1v) is 7.51. The van der Waals surface area contributed by atoms with E-state index in [1.54, 1.807) is 0 Å². The van der Waals surface area contributed by atoms with Gasteiger partial charge >= 0.3 is 0 Å². The second-order valence-electron chi connectivity index (χ2n) is 4.26. The van der Waals surface area contributed by atoms with Crippen LogP contribution in [0.4, 0.5) is 10.1 Å². The quantitative estimate of drug-likeness (QED) is 0.887. The number of halogens is 1. The summed E-state index contributed by atoms with van der Waals surface area (Å²) in [6.45, 7) is -0.228. The topological polar surface area (TPSA) is 75.6 Å². The average Bonchev–Trinajstić information content (AvgIpc) is 2.46. The maximum absolute atomic E-state index is 13.1. The second-order valence-corrected chi connectivity index (χ2v) is 5.91. The van der Waals surface area contributed by atoms with E-state index in [4.69, 9.17) is 9.84 Å². The molecule has 0 unspecified atom stereocenters. The smallest absolute Gasteiger partial charge is 0.265 e. The third-order valence-corrected chi connectivity index (χ3v) is 4.20. The number of sulfonamides is 1. The number of rotatable bonds is 5. The third-order valence-electron chi connectivity index (χ3n) is 2.78. The maximum atomic E-state index is 13.1. The molecular formula is C14H14FNO4S. The molecule has 0 heterocycles. The van der Waals surface area contributed by atoms with Gasteiger partial charge in [0.1, 0.15) is 16.5 Å². The van der Waals surface area contributed by atoms with Crippen molar-refractivity contribution in [1.82, 2.24) is 0 Å². The van der Waals surface area contributed by atoms with Crippen molar-refractivity contribution in [2.45, 2.75) is 11.5 Å². The van der Waals surface area contributed by atoms with Crippen LogP contribution in [-0.4, -0.2) is 20.6 Å². The van der Waals surface area contributed by atoms with E-state index in [1.165, 1.54) is 43.5 Å². The minimum Gasteiger partial charge on any atom is -0.495 e. The van der Waals surface area contributed by atoms with Crippen molar-refractivity contribution in [3.8, 4) is 5.75 Å². The van der Waals surface area contributed by atoms with E-state index in [9.17, 15) is 12.8 Å². The average molecular weight is 311 g/mol. The largest absolute Gasteiger partial charge is 0.495 e. The molecule has 0 aliphatic carbocycles. The minimum atomic E-state index is -3.92. The predicted molar refractivity (Wildman–Crippen MR) is 76.1 cm³/mol. The number of methoxy groups -OCH3 is 1. The van der Waals surface area contributed by atoms with Crippen LogP contribution in [0.2, 0.25) is 0 Å². The van der Waals surface area contributed by atoms with Crippen molar-refractivity contribution in [2.24, 2.45) is 0 Å². The van der Waals surface area contributed by atoms with Crippen LogP contribution in [0.3, 0.4) is 0 Å². The lowest BCUT2D eigenvalue weighted by molar-refractivity contribution is 0.280. The van der Waals surface area contributed by atoms with Crippen LogP contribution in [0.15, 0.2) is 47.4 Å². The van der Waals surface area contributed by atoms with Crippen LogP contribution >= 0.6 is 0 Å². The van der Waals surface area contributed by atoms with Crippen molar-refractivity contribution in [1.29, 1.82) is 0 Å². The van der Waals surface area contributed by atoms with Gasteiger partial charge < -0.3 is 9.84 Å². The van der Waals surface area contributed by atoms with Crippen LogP contribution in [0, 0.1) is 5.82 Å². The molecule has 2 N–H and O–H groups in total. The Balaban J connectivity index is 2.40. The SMILES string of the molecule is COc1cc(CO)ccc1S(=O)(=O)Nc1cccc(F)c1. The normalized spacial score (nSPS) is 11.2. The Morgan fingerprint density at radius 2 is 2.00 bits per heavy atom. The van der Waals surface area contributed by atoms with Crippen LogP contribution < -0.4 is 9.46 Å². The fraction of sp³-hybridized carbons (Fsp3) is 0.143. The molecule has 0 saturated carbocycles. The molecule has 21 heavy (non-hydrogen) atoms. The van der Waals surface area contributed by atoms with Gasteiger partial charge in [0.25, 0.3) is 10.0 Å². The van der Waals surface area contributed by atoms with Crippen LogP contribution in [0.1, 0.15) is 5.56 Å². The summed E-state index contributed by atoms with van der Waals surface area (Å²) in [6.07, 6.45) is 0. The van der Waals surface area contributed by atoms with Gasteiger partial charge in [0.15, 0.2) is 0 Å². The fourth-order valence-electron chi connectivity index (χ4n) is 1.79. The van der Waals surface area contributed by atoms with E-state index in [-0.39, 0.29) is 22.9 Å². The van der Waals surface area contributed by atoms with E-state index in [2.05, 4.69) is 4.72 Å². The van der Waals surface area contributed by atoms with Crippen molar-refractivity contribution in [3.63, 3.8) is 0 Å². The molecular weight excluding hydrogens is 297 g/mol. The molecule has 0 fully saturated rings. The highest BCUT2D eigenvalue weighted by Gasteiger charge is 2.20. The zero-order chi connectivity index (χ0) is 15.5. The molecule has 2 rings (SSSR count). The first-order valence-electron chi connectivity index (χ1n) is 6.02. The van der Waals surface area contributed by atoms with Gasteiger partial charge in [-0.1, -0.05) is 12.1 Å². The van der Waals surface area contributed by atoms with Crippen LogP contribution in [0.25, 0.3) is 0 Å². The van der Waals surface area contributed by atoms with Crippen LogP contribution in [0.5, 0.6) is 5.75 Å². The molecule has 0 spiro atoms. The number of hydrogen-bond donors (Lipinski definition) is 2. The molecule has 0 saturated heterocycles. The van der Waals surface area contributed by atoms with Gasteiger partial charge in [-0.25, -0.2) is 12.8 Å². The molecule has 0 bridgehead atoms. The maximum Gasteiger partial charge on any atom is 0.265 e. The van der Waals surface area contributed by atoms with Crippen molar-refractivity contribution in [3.05, 3.63) is 53.8 Å². The monoisotopic (exact) mass is 311 g/mol. The Labute approximate surface area is 122 Å². The Morgan fingerprint density at radius 3 is 2.62 bits per heavy atom. The lowest BCUT2D eigenvalue weighted by Gasteiger charge is -2.12. The summed E-state index contributed by atoms with van der Waals surface area (Å²) in [5.74, 6) is -0.441. The van der Waals surface area contributed by atoms with Gasteiger partial charge in [-0.2, -0.15) is 0 Å². The number of anilines is 1. The Morgan fingerprint density at radius 1 is 1.24 bits per heavy atom. The Hall–Kier alpha value is -2.12. The highest BCUT2D eigenvalue weighted by Crippen LogP contribution is 2.27. The first-order chi connectivity index (χ1) is 9.96.